The molecule has 13 heavy (non-hydrogen) atoms. The van der Waals surface area contributed by atoms with Gasteiger partial charge >= 0.3 is 0 Å². The van der Waals surface area contributed by atoms with Gasteiger partial charge < -0.3 is 0 Å². The number of carbonyl (C=O) groups is 1. The molecule has 1 aliphatic heterocycles. The van der Waals surface area contributed by atoms with Crippen LogP contribution in [0.25, 0.3) is 5.57 Å². The molecular formula is C9H6O3S. The van der Waals surface area contributed by atoms with Gasteiger partial charge in [0, 0.05) is 16.5 Å². The zero-order chi connectivity index (χ0) is 9.47. The van der Waals surface area contributed by atoms with E-state index in [0.717, 1.165) is 5.41 Å². The Hall–Kier alpha value is -1.42. The summed E-state index contributed by atoms with van der Waals surface area (Å²) in [4.78, 5) is 10.7. The van der Waals surface area contributed by atoms with E-state index in [0.29, 0.717) is 11.8 Å². The molecule has 2 rings (SSSR count). The third kappa shape index (κ3) is 1.10. The molecule has 1 heterocycles. The van der Waals surface area contributed by atoms with Gasteiger partial charge in [0.2, 0.25) is 9.84 Å². The van der Waals surface area contributed by atoms with Crippen molar-refractivity contribution in [2.75, 3.05) is 0 Å². The molecule has 0 atom stereocenters. The van der Waals surface area contributed by atoms with E-state index in [1.165, 1.54) is 6.07 Å². The predicted molar refractivity (Wildman–Crippen MR) is 47.7 cm³/mol. The maximum atomic E-state index is 11.4. The maximum Gasteiger partial charge on any atom is 0.201 e. The van der Waals surface area contributed by atoms with E-state index in [-0.39, 0.29) is 10.5 Å². The van der Waals surface area contributed by atoms with Crippen LogP contribution in [0.2, 0.25) is 0 Å². The van der Waals surface area contributed by atoms with Crippen molar-refractivity contribution < 1.29 is 13.2 Å². The summed E-state index contributed by atoms with van der Waals surface area (Å²) in [6.45, 7) is 0. The molecule has 0 N–H and O–H groups in total. The van der Waals surface area contributed by atoms with Crippen molar-refractivity contribution in [3.05, 3.63) is 35.2 Å². The lowest BCUT2D eigenvalue weighted by Crippen LogP contribution is -1.91. The molecule has 0 bridgehead atoms. The second kappa shape index (κ2) is 2.53. The summed E-state index contributed by atoms with van der Waals surface area (Å²) in [7, 11) is -3.36. The minimum atomic E-state index is -3.36. The second-order valence-corrected chi connectivity index (χ2v) is 4.50. The van der Waals surface area contributed by atoms with Gasteiger partial charge in [0.15, 0.2) is 6.29 Å². The summed E-state index contributed by atoms with van der Waals surface area (Å²) in [5.74, 6) is 0. The summed E-state index contributed by atoms with van der Waals surface area (Å²) >= 11 is 0. The van der Waals surface area contributed by atoms with E-state index >= 15 is 0 Å². The molecular weight excluding hydrogens is 188 g/mol. The van der Waals surface area contributed by atoms with Crippen molar-refractivity contribution in [1.82, 2.24) is 0 Å². The van der Waals surface area contributed by atoms with Gasteiger partial charge in [0.1, 0.15) is 0 Å². The Bertz CT molecular complexity index is 497. The van der Waals surface area contributed by atoms with Crippen LogP contribution in [-0.2, 0) is 14.6 Å². The molecule has 66 valence electrons. The largest absolute Gasteiger partial charge is 0.298 e. The molecule has 0 aliphatic carbocycles. The molecule has 0 unspecified atom stereocenters. The summed E-state index contributed by atoms with van der Waals surface area (Å²) < 4.78 is 22.8. The van der Waals surface area contributed by atoms with E-state index in [1.54, 1.807) is 18.2 Å². The van der Waals surface area contributed by atoms with Gasteiger partial charge in [-0.1, -0.05) is 18.2 Å². The normalized spacial score (nSPS) is 17.7. The second-order valence-electron chi connectivity index (χ2n) is 2.73. The number of fused-ring (bicyclic) bond motifs is 1. The van der Waals surface area contributed by atoms with Crippen LogP contribution in [0.3, 0.4) is 0 Å². The lowest BCUT2D eigenvalue weighted by molar-refractivity contribution is -0.103. The fraction of sp³-hybridized carbons (Fsp3) is 0. The monoisotopic (exact) mass is 194 g/mol. The smallest absolute Gasteiger partial charge is 0.201 e. The highest BCUT2D eigenvalue weighted by atomic mass is 32.2. The minimum absolute atomic E-state index is 0.220. The molecule has 1 aliphatic rings. The van der Waals surface area contributed by atoms with Crippen LogP contribution >= 0.6 is 0 Å². The number of hydrogen-bond donors (Lipinski definition) is 0. The van der Waals surface area contributed by atoms with Crippen molar-refractivity contribution in [3.63, 3.8) is 0 Å². The fourth-order valence-electron chi connectivity index (χ4n) is 1.34. The van der Waals surface area contributed by atoms with Gasteiger partial charge in [0.25, 0.3) is 0 Å². The molecule has 0 saturated heterocycles. The van der Waals surface area contributed by atoms with Gasteiger partial charge in [-0.3, -0.25) is 4.79 Å². The fourth-order valence-corrected chi connectivity index (χ4v) is 2.74. The number of rotatable bonds is 1. The van der Waals surface area contributed by atoms with Gasteiger partial charge in [-0.25, -0.2) is 8.42 Å². The lowest BCUT2D eigenvalue weighted by Gasteiger charge is -1.96. The van der Waals surface area contributed by atoms with Gasteiger partial charge in [-0.05, 0) is 6.07 Å². The summed E-state index contributed by atoms with van der Waals surface area (Å²) in [5, 5.41) is 1.00. The first kappa shape index (κ1) is 8.19. The number of carbonyl (C=O) groups excluding carboxylic acids is 1. The number of sulfone groups is 1. The minimum Gasteiger partial charge on any atom is -0.298 e. The summed E-state index contributed by atoms with van der Waals surface area (Å²) in [5.41, 5.74) is 0.730. The average molecular weight is 194 g/mol. The highest BCUT2D eigenvalue weighted by Crippen LogP contribution is 2.31. The molecule has 0 amide bonds. The first-order valence-electron chi connectivity index (χ1n) is 3.66. The van der Waals surface area contributed by atoms with Crippen LogP contribution in [-0.4, -0.2) is 14.7 Å². The highest BCUT2D eigenvalue weighted by Gasteiger charge is 2.25. The topological polar surface area (TPSA) is 51.2 Å². The quantitative estimate of drug-likeness (QED) is 0.627. The van der Waals surface area contributed by atoms with E-state index < -0.39 is 9.84 Å². The Morgan fingerprint density at radius 1 is 1.15 bits per heavy atom. The van der Waals surface area contributed by atoms with Gasteiger partial charge in [0.05, 0.1) is 4.90 Å². The Balaban J connectivity index is 2.83. The number of aldehydes is 1. The summed E-state index contributed by atoms with van der Waals surface area (Å²) in [6.07, 6.45) is 0.559. The Morgan fingerprint density at radius 3 is 2.54 bits per heavy atom. The average Bonchev–Trinajstić information content (AvgIpc) is 2.39. The zero-order valence-electron chi connectivity index (χ0n) is 6.60. The Labute approximate surface area is 75.6 Å². The molecule has 0 fully saturated rings. The zero-order valence-corrected chi connectivity index (χ0v) is 7.41. The van der Waals surface area contributed by atoms with Crippen molar-refractivity contribution in [2.24, 2.45) is 0 Å². The molecule has 3 nitrogen and oxygen atoms in total. The first-order valence-corrected chi connectivity index (χ1v) is 5.21. The number of allylic oxidation sites excluding steroid dienone is 1. The highest BCUT2D eigenvalue weighted by molar-refractivity contribution is 7.95. The van der Waals surface area contributed by atoms with Gasteiger partial charge in [-0.15, -0.1) is 0 Å². The number of benzene rings is 1. The molecule has 0 spiro atoms. The van der Waals surface area contributed by atoms with Crippen LogP contribution in [0.5, 0.6) is 0 Å². The van der Waals surface area contributed by atoms with E-state index in [4.69, 9.17) is 0 Å². The third-order valence-corrected chi connectivity index (χ3v) is 3.45. The molecule has 1 aromatic rings. The van der Waals surface area contributed by atoms with Crippen molar-refractivity contribution in [2.45, 2.75) is 4.90 Å². The third-order valence-electron chi connectivity index (χ3n) is 1.91. The van der Waals surface area contributed by atoms with E-state index in [2.05, 4.69) is 0 Å². The van der Waals surface area contributed by atoms with Crippen LogP contribution in [0.1, 0.15) is 5.56 Å². The molecule has 0 radical (unpaired) electrons. The summed E-state index contributed by atoms with van der Waals surface area (Å²) in [6, 6.07) is 6.47. The van der Waals surface area contributed by atoms with Crippen LogP contribution < -0.4 is 0 Å². The van der Waals surface area contributed by atoms with Crippen LogP contribution in [0.15, 0.2) is 34.6 Å². The van der Waals surface area contributed by atoms with Crippen molar-refractivity contribution in [3.8, 4) is 0 Å². The number of hydrogen-bond acceptors (Lipinski definition) is 3. The van der Waals surface area contributed by atoms with Crippen molar-refractivity contribution >= 4 is 21.7 Å². The first-order chi connectivity index (χ1) is 6.15. The molecule has 0 saturated carbocycles. The molecule has 0 aromatic heterocycles. The SMILES string of the molecule is O=CC1=CS(=O)(=O)c2ccccc21. The van der Waals surface area contributed by atoms with E-state index in [1.807, 2.05) is 0 Å². The van der Waals surface area contributed by atoms with Crippen molar-refractivity contribution in [1.29, 1.82) is 0 Å². The lowest BCUT2D eigenvalue weighted by atomic mass is 10.1. The molecule has 1 aromatic carbocycles. The van der Waals surface area contributed by atoms with Crippen LogP contribution in [0.4, 0.5) is 0 Å². The van der Waals surface area contributed by atoms with Crippen LogP contribution in [0, 0.1) is 0 Å². The maximum absolute atomic E-state index is 11.4. The van der Waals surface area contributed by atoms with Gasteiger partial charge in [-0.2, -0.15) is 0 Å². The standard InChI is InChI=1S/C9H6O3S/c10-5-7-6-13(11,12)9-4-2-1-3-8(7)9/h1-6H. The predicted octanol–water partition coefficient (Wildman–Crippen LogP) is 1.01. The Kier molecular flexibility index (Phi) is 1.60. The van der Waals surface area contributed by atoms with E-state index in [9.17, 15) is 13.2 Å². The Morgan fingerprint density at radius 2 is 1.85 bits per heavy atom. The molecule has 4 heteroatoms.